The van der Waals surface area contributed by atoms with E-state index in [2.05, 4.69) is 33.5 Å². The molecule has 0 amide bonds. The molecule has 0 bridgehead atoms. The van der Waals surface area contributed by atoms with Crippen LogP contribution in [0.3, 0.4) is 0 Å². The SMILES string of the molecule is CCc1nnc(C)cc1C(Cc1cncs1)NC. The molecule has 0 aliphatic carbocycles. The fourth-order valence-corrected chi connectivity index (χ4v) is 2.66. The van der Waals surface area contributed by atoms with Crippen LogP contribution in [-0.2, 0) is 12.8 Å². The van der Waals surface area contributed by atoms with Crippen LogP contribution < -0.4 is 5.32 Å². The van der Waals surface area contributed by atoms with Crippen LogP contribution in [0.2, 0.25) is 0 Å². The summed E-state index contributed by atoms with van der Waals surface area (Å²) in [5, 5.41) is 11.8. The van der Waals surface area contributed by atoms with Gasteiger partial charge in [-0.2, -0.15) is 10.2 Å². The van der Waals surface area contributed by atoms with E-state index in [-0.39, 0.29) is 6.04 Å². The third-order valence-electron chi connectivity index (χ3n) is 2.97. The van der Waals surface area contributed by atoms with Crippen molar-refractivity contribution in [2.45, 2.75) is 32.7 Å². The van der Waals surface area contributed by atoms with Crippen LogP contribution in [0.5, 0.6) is 0 Å². The van der Waals surface area contributed by atoms with Crippen molar-refractivity contribution in [3.05, 3.63) is 39.6 Å². The maximum atomic E-state index is 4.29. The fourth-order valence-electron chi connectivity index (χ4n) is 2.02. The number of hydrogen-bond acceptors (Lipinski definition) is 5. The van der Waals surface area contributed by atoms with Crippen LogP contribution >= 0.6 is 11.3 Å². The molecule has 2 rings (SSSR count). The van der Waals surface area contributed by atoms with Crippen LogP contribution in [-0.4, -0.2) is 22.2 Å². The summed E-state index contributed by atoms with van der Waals surface area (Å²) in [4.78, 5) is 5.41. The highest BCUT2D eigenvalue weighted by atomic mass is 32.1. The van der Waals surface area contributed by atoms with Gasteiger partial charge in [0.25, 0.3) is 0 Å². The third kappa shape index (κ3) is 2.91. The normalized spacial score (nSPS) is 12.6. The molecule has 2 heterocycles. The first-order valence-electron chi connectivity index (χ1n) is 6.12. The summed E-state index contributed by atoms with van der Waals surface area (Å²) in [7, 11) is 1.99. The van der Waals surface area contributed by atoms with E-state index in [1.807, 2.05) is 25.7 Å². The van der Waals surface area contributed by atoms with Crippen LogP contribution in [0.1, 0.15) is 34.8 Å². The van der Waals surface area contributed by atoms with Gasteiger partial charge in [-0.1, -0.05) is 6.92 Å². The van der Waals surface area contributed by atoms with Gasteiger partial charge in [-0.3, -0.25) is 4.98 Å². The molecule has 5 heteroatoms. The third-order valence-corrected chi connectivity index (χ3v) is 3.78. The maximum absolute atomic E-state index is 4.29. The second-order valence-electron chi connectivity index (χ2n) is 4.25. The van der Waals surface area contributed by atoms with E-state index < -0.39 is 0 Å². The molecule has 96 valence electrons. The average molecular weight is 262 g/mol. The first-order chi connectivity index (χ1) is 8.74. The summed E-state index contributed by atoms with van der Waals surface area (Å²) in [6.07, 6.45) is 3.78. The molecular formula is C13H18N4S. The Kier molecular flexibility index (Phi) is 4.38. The van der Waals surface area contributed by atoms with Crippen molar-refractivity contribution in [3.8, 4) is 0 Å². The monoisotopic (exact) mass is 262 g/mol. The summed E-state index contributed by atoms with van der Waals surface area (Å²) < 4.78 is 0. The van der Waals surface area contributed by atoms with Gasteiger partial charge >= 0.3 is 0 Å². The summed E-state index contributed by atoms with van der Waals surface area (Å²) >= 11 is 1.69. The fraction of sp³-hybridized carbons (Fsp3) is 0.462. The number of nitrogens with one attached hydrogen (secondary N) is 1. The first-order valence-corrected chi connectivity index (χ1v) is 7.00. The quantitative estimate of drug-likeness (QED) is 0.898. The average Bonchev–Trinajstić information content (AvgIpc) is 2.88. The van der Waals surface area contributed by atoms with Gasteiger partial charge in [0.2, 0.25) is 0 Å². The minimum atomic E-state index is 0.273. The van der Waals surface area contributed by atoms with Crippen molar-refractivity contribution in [2.75, 3.05) is 7.05 Å². The molecular weight excluding hydrogens is 244 g/mol. The standard InChI is InChI=1S/C13H18N4S/c1-4-12-11(5-9(2)16-17-12)13(14-3)6-10-7-15-8-18-10/h5,7-8,13-14H,4,6H2,1-3H3. The predicted molar refractivity (Wildman–Crippen MR) is 73.8 cm³/mol. The van der Waals surface area contributed by atoms with Crippen molar-refractivity contribution in [3.63, 3.8) is 0 Å². The molecule has 18 heavy (non-hydrogen) atoms. The van der Waals surface area contributed by atoms with E-state index >= 15 is 0 Å². The first kappa shape index (κ1) is 13.1. The van der Waals surface area contributed by atoms with Crippen molar-refractivity contribution in [2.24, 2.45) is 0 Å². The summed E-state index contributed by atoms with van der Waals surface area (Å²) in [5.74, 6) is 0. The highest BCUT2D eigenvalue weighted by Crippen LogP contribution is 2.22. The van der Waals surface area contributed by atoms with Gasteiger partial charge in [0.1, 0.15) is 0 Å². The molecule has 0 aliphatic rings. The second-order valence-corrected chi connectivity index (χ2v) is 5.23. The van der Waals surface area contributed by atoms with E-state index in [1.165, 1.54) is 10.4 Å². The predicted octanol–water partition coefficient (Wildman–Crippen LogP) is 2.31. The van der Waals surface area contributed by atoms with E-state index in [1.54, 1.807) is 11.3 Å². The number of nitrogens with zero attached hydrogens (tertiary/aromatic N) is 3. The van der Waals surface area contributed by atoms with E-state index in [0.29, 0.717) is 0 Å². The van der Waals surface area contributed by atoms with Crippen LogP contribution in [0.4, 0.5) is 0 Å². The van der Waals surface area contributed by atoms with Gasteiger partial charge in [0, 0.05) is 23.5 Å². The van der Waals surface area contributed by atoms with Crippen molar-refractivity contribution < 1.29 is 0 Å². The van der Waals surface area contributed by atoms with Gasteiger partial charge in [0.05, 0.1) is 16.9 Å². The molecule has 0 saturated carbocycles. The molecule has 0 saturated heterocycles. The summed E-state index contributed by atoms with van der Waals surface area (Å²) in [6.45, 7) is 4.09. The zero-order valence-corrected chi connectivity index (χ0v) is 11.8. The molecule has 1 atom stereocenters. The van der Waals surface area contributed by atoms with Gasteiger partial charge in [-0.25, -0.2) is 0 Å². The summed E-state index contributed by atoms with van der Waals surface area (Å²) in [5.41, 5.74) is 5.16. The minimum Gasteiger partial charge on any atom is -0.313 e. The molecule has 0 aromatic carbocycles. The Balaban J connectivity index is 2.28. The van der Waals surface area contributed by atoms with Gasteiger partial charge < -0.3 is 5.32 Å². The lowest BCUT2D eigenvalue weighted by molar-refractivity contribution is 0.582. The van der Waals surface area contributed by atoms with Crippen LogP contribution in [0.25, 0.3) is 0 Å². The van der Waals surface area contributed by atoms with Crippen molar-refractivity contribution in [1.82, 2.24) is 20.5 Å². The lowest BCUT2D eigenvalue weighted by Gasteiger charge is -2.18. The Hall–Kier alpha value is -1.33. The molecule has 0 radical (unpaired) electrons. The Labute approximate surface area is 111 Å². The maximum Gasteiger partial charge on any atom is 0.0794 e. The zero-order valence-electron chi connectivity index (χ0n) is 11.0. The van der Waals surface area contributed by atoms with Crippen molar-refractivity contribution >= 4 is 11.3 Å². The molecule has 0 aliphatic heterocycles. The summed E-state index contributed by atoms with van der Waals surface area (Å²) in [6, 6.07) is 2.41. The van der Waals surface area contributed by atoms with Crippen LogP contribution in [0.15, 0.2) is 17.8 Å². The molecule has 2 aromatic rings. The minimum absolute atomic E-state index is 0.273. The highest BCUT2D eigenvalue weighted by molar-refractivity contribution is 7.09. The molecule has 4 nitrogen and oxygen atoms in total. The van der Waals surface area contributed by atoms with Gasteiger partial charge in [-0.05, 0) is 32.0 Å². The lowest BCUT2D eigenvalue weighted by atomic mass is 10.0. The largest absolute Gasteiger partial charge is 0.313 e. The van der Waals surface area contributed by atoms with Gasteiger partial charge in [0.15, 0.2) is 0 Å². The van der Waals surface area contributed by atoms with Crippen LogP contribution in [0, 0.1) is 6.92 Å². The number of aromatic nitrogens is 3. The van der Waals surface area contributed by atoms with E-state index in [0.717, 1.165) is 24.2 Å². The smallest absolute Gasteiger partial charge is 0.0794 e. The zero-order chi connectivity index (χ0) is 13.0. The van der Waals surface area contributed by atoms with E-state index in [4.69, 9.17) is 0 Å². The molecule has 0 fully saturated rings. The Morgan fingerprint density at radius 1 is 1.39 bits per heavy atom. The Morgan fingerprint density at radius 3 is 2.83 bits per heavy atom. The number of rotatable bonds is 5. The number of likely N-dealkylation sites (N-methyl/N-ethyl adjacent to an activating group) is 1. The second kappa shape index (κ2) is 6.02. The van der Waals surface area contributed by atoms with E-state index in [9.17, 15) is 0 Å². The van der Waals surface area contributed by atoms with Gasteiger partial charge in [-0.15, -0.1) is 11.3 Å². The molecule has 1 N–H and O–H groups in total. The Bertz CT molecular complexity index is 496. The van der Waals surface area contributed by atoms with Crippen molar-refractivity contribution in [1.29, 1.82) is 0 Å². The Morgan fingerprint density at radius 2 is 2.22 bits per heavy atom. The molecule has 0 spiro atoms. The highest BCUT2D eigenvalue weighted by Gasteiger charge is 2.16. The topological polar surface area (TPSA) is 50.7 Å². The number of hydrogen-bond donors (Lipinski definition) is 1. The molecule has 1 unspecified atom stereocenters. The molecule has 2 aromatic heterocycles. The lowest BCUT2D eigenvalue weighted by Crippen LogP contribution is -2.21. The number of aryl methyl sites for hydroxylation is 2. The number of thiazole rings is 1.